The lowest BCUT2D eigenvalue weighted by atomic mass is 9.95. The molecule has 0 bridgehead atoms. The van der Waals surface area contributed by atoms with E-state index in [1.54, 1.807) is 6.92 Å². The van der Waals surface area contributed by atoms with E-state index in [-0.39, 0.29) is 5.78 Å². The molecule has 1 aliphatic rings. The summed E-state index contributed by atoms with van der Waals surface area (Å²) in [4.78, 5) is 11.4. The van der Waals surface area contributed by atoms with Gasteiger partial charge in [-0.1, -0.05) is 11.6 Å². The van der Waals surface area contributed by atoms with Crippen molar-refractivity contribution in [2.75, 3.05) is 0 Å². The predicted octanol–water partition coefficient (Wildman–Crippen LogP) is 3.21. The van der Waals surface area contributed by atoms with Crippen LogP contribution in [0.25, 0.3) is 0 Å². The Kier molecular flexibility index (Phi) is 4.59. The summed E-state index contributed by atoms with van der Waals surface area (Å²) in [6.45, 7) is 4.65. The van der Waals surface area contributed by atoms with Gasteiger partial charge in [0.15, 0.2) is 5.78 Å². The molecule has 3 nitrogen and oxygen atoms in total. The number of allylic oxidation sites excluding steroid dienone is 1. The highest BCUT2D eigenvalue weighted by molar-refractivity contribution is 5.94. The van der Waals surface area contributed by atoms with Gasteiger partial charge in [0.25, 0.3) is 0 Å². The van der Waals surface area contributed by atoms with Gasteiger partial charge in [-0.2, -0.15) is 0 Å². The smallest absolute Gasteiger partial charge is 0.161 e. The molecular formula is C16H24N2O. The molecule has 0 fully saturated rings. The van der Waals surface area contributed by atoms with Crippen LogP contribution in [-0.2, 0) is 13.6 Å². The first kappa shape index (κ1) is 14.1. The number of rotatable bonds is 5. The number of aryl methyl sites for hydroxylation is 1. The van der Waals surface area contributed by atoms with E-state index in [0.717, 1.165) is 17.8 Å². The predicted molar refractivity (Wildman–Crippen MR) is 78.3 cm³/mol. The van der Waals surface area contributed by atoms with Crippen LogP contribution in [0.1, 0.15) is 55.6 Å². The standard InChI is InChI=1S/C16H24N2O/c1-12(14-7-5-4-6-8-14)17-10-16-9-15(13(2)19)11-18(16)3/h7,9,11-12,17H,4-6,8,10H2,1-3H3. The minimum atomic E-state index is 0.130. The Morgan fingerprint density at radius 3 is 2.84 bits per heavy atom. The molecule has 1 aromatic heterocycles. The third-order valence-electron chi connectivity index (χ3n) is 3.99. The first-order chi connectivity index (χ1) is 9.08. The van der Waals surface area contributed by atoms with Crippen LogP contribution >= 0.6 is 0 Å². The number of carbonyl (C=O) groups is 1. The third-order valence-corrected chi connectivity index (χ3v) is 3.99. The summed E-state index contributed by atoms with van der Waals surface area (Å²) in [7, 11) is 1.99. The van der Waals surface area contributed by atoms with Gasteiger partial charge in [-0.25, -0.2) is 0 Å². The highest BCUT2D eigenvalue weighted by Crippen LogP contribution is 2.20. The van der Waals surface area contributed by atoms with Crippen molar-refractivity contribution >= 4 is 5.78 Å². The molecule has 1 atom stereocenters. The van der Waals surface area contributed by atoms with E-state index in [2.05, 4.69) is 18.3 Å². The average molecular weight is 260 g/mol. The summed E-state index contributed by atoms with van der Waals surface area (Å²) in [6.07, 6.45) is 9.38. The van der Waals surface area contributed by atoms with Gasteiger partial charge < -0.3 is 9.88 Å². The van der Waals surface area contributed by atoms with Crippen molar-refractivity contribution in [2.45, 2.75) is 52.1 Å². The number of carbonyl (C=O) groups excluding carboxylic acids is 1. The van der Waals surface area contributed by atoms with Crippen LogP contribution in [0.15, 0.2) is 23.9 Å². The van der Waals surface area contributed by atoms with Crippen LogP contribution in [0.4, 0.5) is 0 Å². The molecule has 0 spiro atoms. The van der Waals surface area contributed by atoms with Crippen LogP contribution < -0.4 is 5.32 Å². The second-order valence-corrected chi connectivity index (χ2v) is 5.51. The van der Waals surface area contributed by atoms with E-state index in [1.165, 1.54) is 31.3 Å². The molecule has 0 saturated heterocycles. The number of nitrogens with zero attached hydrogens (tertiary/aromatic N) is 1. The Bertz CT molecular complexity index is 485. The molecule has 0 radical (unpaired) electrons. The van der Waals surface area contributed by atoms with Crippen molar-refractivity contribution in [3.8, 4) is 0 Å². The highest BCUT2D eigenvalue weighted by Gasteiger charge is 2.12. The van der Waals surface area contributed by atoms with Crippen LogP contribution in [0, 0.1) is 0 Å². The lowest BCUT2D eigenvalue weighted by Crippen LogP contribution is -2.28. The highest BCUT2D eigenvalue weighted by atomic mass is 16.1. The second kappa shape index (κ2) is 6.20. The molecule has 0 saturated carbocycles. The Hall–Kier alpha value is -1.35. The van der Waals surface area contributed by atoms with E-state index in [0.29, 0.717) is 6.04 Å². The summed E-state index contributed by atoms with van der Waals surface area (Å²) < 4.78 is 2.03. The Morgan fingerprint density at radius 2 is 2.26 bits per heavy atom. The first-order valence-corrected chi connectivity index (χ1v) is 7.16. The molecular weight excluding hydrogens is 236 g/mol. The zero-order chi connectivity index (χ0) is 13.8. The molecule has 3 heteroatoms. The molecule has 0 aromatic carbocycles. The molecule has 0 amide bonds. The molecule has 1 aliphatic carbocycles. The van der Waals surface area contributed by atoms with E-state index in [4.69, 9.17) is 0 Å². The Labute approximate surface area is 115 Å². The van der Waals surface area contributed by atoms with Crippen LogP contribution in [0.5, 0.6) is 0 Å². The van der Waals surface area contributed by atoms with E-state index >= 15 is 0 Å². The van der Waals surface area contributed by atoms with E-state index in [1.807, 2.05) is 23.9 Å². The van der Waals surface area contributed by atoms with Crippen molar-refractivity contribution in [1.29, 1.82) is 0 Å². The average Bonchev–Trinajstić information content (AvgIpc) is 2.79. The molecule has 0 aliphatic heterocycles. The Morgan fingerprint density at radius 1 is 1.47 bits per heavy atom. The fourth-order valence-corrected chi connectivity index (χ4v) is 2.62. The maximum atomic E-state index is 11.4. The SMILES string of the molecule is CC(=O)c1cc(CNC(C)C2=CCCCC2)n(C)c1. The van der Waals surface area contributed by atoms with Crippen LogP contribution in [0.2, 0.25) is 0 Å². The van der Waals surface area contributed by atoms with Crippen molar-refractivity contribution in [2.24, 2.45) is 7.05 Å². The fourth-order valence-electron chi connectivity index (χ4n) is 2.62. The molecule has 1 unspecified atom stereocenters. The molecule has 1 heterocycles. The van der Waals surface area contributed by atoms with E-state index in [9.17, 15) is 4.79 Å². The number of nitrogens with one attached hydrogen (secondary N) is 1. The maximum Gasteiger partial charge on any atom is 0.161 e. The minimum absolute atomic E-state index is 0.130. The van der Waals surface area contributed by atoms with Gasteiger partial charge in [0.1, 0.15) is 0 Å². The van der Waals surface area contributed by atoms with Gasteiger partial charge in [0.05, 0.1) is 0 Å². The molecule has 1 N–H and O–H groups in total. The van der Waals surface area contributed by atoms with Crippen molar-refractivity contribution in [3.63, 3.8) is 0 Å². The zero-order valence-electron chi connectivity index (χ0n) is 12.2. The fraction of sp³-hybridized carbons (Fsp3) is 0.562. The van der Waals surface area contributed by atoms with Crippen molar-refractivity contribution in [1.82, 2.24) is 9.88 Å². The van der Waals surface area contributed by atoms with Gasteiger partial charge in [-0.15, -0.1) is 0 Å². The summed E-state index contributed by atoms with van der Waals surface area (Å²) in [5.74, 6) is 0.130. The van der Waals surface area contributed by atoms with Gasteiger partial charge in [0, 0.05) is 37.1 Å². The zero-order valence-corrected chi connectivity index (χ0v) is 12.2. The third kappa shape index (κ3) is 3.57. The monoisotopic (exact) mass is 260 g/mol. The number of hydrogen-bond acceptors (Lipinski definition) is 2. The minimum Gasteiger partial charge on any atom is -0.353 e. The van der Waals surface area contributed by atoms with E-state index < -0.39 is 0 Å². The summed E-state index contributed by atoms with van der Waals surface area (Å²) in [5.41, 5.74) is 3.49. The summed E-state index contributed by atoms with van der Waals surface area (Å²) >= 11 is 0. The normalized spacial score (nSPS) is 17.1. The molecule has 104 valence electrons. The van der Waals surface area contributed by atoms with Gasteiger partial charge in [-0.3, -0.25) is 4.79 Å². The summed E-state index contributed by atoms with van der Waals surface area (Å²) in [5, 5.41) is 3.56. The van der Waals surface area contributed by atoms with Crippen molar-refractivity contribution in [3.05, 3.63) is 35.2 Å². The number of Topliss-reactive ketones (excluding diaryl/α,β-unsaturated/α-hetero) is 1. The number of aromatic nitrogens is 1. The molecule has 1 aromatic rings. The van der Waals surface area contributed by atoms with Crippen LogP contribution in [-0.4, -0.2) is 16.4 Å². The van der Waals surface area contributed by atoms with Gasteiger partial charge in [0.2, 0.25) is 0 Å². The topological polar surface area (TPSA) is 34.0 Å². The van der Waals surface area contributed by atoms with Gasteiger partial charge >= 0.3 is 0 Å². The first-order valence-electron chi connectivity index (χ1n) is 7.16. The van der Waals surface area contributed by atoms with Crippen molar-refractivity contribution < 1.29 is 4.79 Å². The lowest BCUT2D eigenvalue weighted by Gasteiger charge is -2.21. The largest absolute Gasteiger partial charge is 0.353 e. The molecule has 19 heavy (non-hydrogen) atoms. The van der Waals surface area contributed by atoms with Gasteiger partial charge in [-0.05, 0) is 45.6 Å². The molecule has 2 rings (SSSR count). The maximum absolute atomic E-state index is 11.4. The second-order valence-electron chi connectivity index (χ2n) is 5.51. The Balaban J connectivity index is 1.94. The number of hydrogen-bond donors (Lipinski definition) is 1. The summed E-state index contributed by atoms with van der Waals surface area (Å²) in [6, 6.07) is 2.41. The number of ketones is 1. The van der Waals surface area contributed by atoms with Crippen LogP contribution in [0.3, 0.4) is 0 Å². The quantitative estimate of drug-likeness (QED) is 0.651. The lowest BCUT2D eigenvalue weighted by molar-refractivity contribution is 0.101.